The number of nitrogens with zero attached hydrogens (tertiary/aromatic N) is 1. The summed E-state index contributed by atoms with van der Waals surface area (Å²) in [6.07, 6.45) is 5.13. The van der Waals surface area contributed by atoms with E-state index < -0.39 is 17.9 Å². The Kier molecular flexibility index (Phi) is 9.20. The molecule has 10 heteroatoms. The zero-order valence-electron chi connectivity index (χ0n) is 20.5. The molecule has 0 saturated heterocycles. The van der Waals surface area contributed by atoms with E-state index in [0.717, 1.165) is 31.5 Å². The average Bonchev–Trinajstić information content (AvgIpc) is 2.90. The van der Waals surface area contributed by atoms with Gasteiger partial charge in [-0.3, -0.25) is 9.59 Å². The standard InChI is InChI=1S/C28H28Cl2N4O4/c29-21-4-3-5-22(30)25(21)27(36)34-23(28(37)38)16-17-7-11-20(12-8-17)33-26(35)18-9-13-19(14-10-18)32-24-6-1-2-15-31-24/h1-8,11-12,15,18-19,23H,9-10,13-14,16H2,(H,31,32)(H,33,35)(H,34,36)(H,37,38)/t18?,19?,23-/m0/s1. The molecule has 2 aromatic carbocycles. The maximum Gasteiger partial charge on any atom is 0.326 e. The van der Waals surface area contributed by atoms with E-state index in [2.05, 4.69) is 20.9 Å². The van der Waals surface area contributed by atoms with Crippen molar-refractivity contribution in [2.45, 2.75) is 44.2 Å². The van der Waals surface area contributed by atoms with Crippen molar-refractivity contribution in [1.82, 2.24) is 10.3 Å². The number of carbonyl (C=O) groups excluding carboxylic acids is 2. The quantitative estimate of drug-likeness (QED) is 0.280. The average molecular weight is 555 g/mol. The van der Waals surface area contributed by atoms with Gasteiger partial charge in [0, 0.05) is 30.3 Å². The minimum atomic E-state index is -1.19. The van der Waals surface area contributed by atoms with Crippen molar-refractivity contribution < 1.29 is 19.5 Å². The van der Waals surface area contributed by atoms with Crippen LogP contribution in [0.3, 0.4) is 0 Å². The number of benzene rings is 2. The highest BCUT2D eigenvalue weighted by Gasteiger charge is 2.27. The van der Waals surface area contributed by atoms with Crippen LogP contribution in [0.2, 0.25) is 10.0 Å². The molecular weight excluding hydrogens is 527 g/mol. The molecular formula is C28H28Cl2N4O4. The van der Waals surface area contributed by atoms with E-state index in [-0.39, 0.29) is 33.9 Å². The lowest BCUT2D eigenvalue weighted by molar-refractivity contribution is -0.139. The van der Waals surface area contributed by atoms with Gasteiger partial charge in [0.15, 0.2) is 0 Å². The van der Waals surface area contributed by atoms with Crippen LogP contribution in [0.1, 0.15) is 41.6 Å². The Morgan fingerprint density at radius 3 is 2.21 bits per heavy atom. The second-order valence-electron chi connectivity index (χ2n) is 9.26. The lowest BCUT2D eigenvalue weighted by atomic mass is 9.85. The molecule has 4 rings (SSSR count). The van der Waals surface area contributed by atoms with E-state index >= 15 is 0 Å². The van der Waals surface area contributed by atoms with Gasteiger partial charge in [-0.15, -0.1) is 0 Å². The molecule has 1 aromatic heterocycles. The number of carboxylic acids is 1. The van der Waals surface area contributed by atoms with E-state index in [9.17, 15) is 19.5 Å². The van der Waals surface area contributed by atoms with Gasteiger partial charge in [-0.05, 0) is 67.6 Å². The summed E-state index contributed by atoms with van der Waals surface area (Å²) < 4.78 is 0. The molecule has 4 N–H and O–H groups in total. The van der Waals surface area contributed by atoms with Crippen molar-refractivity contribution in [2.75, 3.05) is 10.6 Å². The number of hydrogen-bond donors (Lipinski definition) is 4. The number of pyridine rings is 1. The number of carboxylic acid groups (broad SMARTS) is 1. The second-order valence-corrected chi connectivity index (χ2v) is 10.1. The molecule has 3 aromatic rings. The van der Waals surface area contributed by atoms with Gasteiger partial charge >= 0.3 is 5.97 Å². The van der Waals surface area contributed by atoms with Gasteiger partial charge in [0.05, 0.1) is 15.6 Å². The largest absolute Gasteiger partial charge is 0.480 e. The Morgan fingerprint density at radius 2 is 1.61 bits per heavy atom. The zero-order valence-corrected chi connectivity index (χ0v) is 22.0. The Labute approximate surface area is 230 Å². The highest BCUT2D eigenvalue weighted by Crippen LogP contribution is 2.28. The second kappa shape index (κ2) is 12.8. The number of rotatable bonds is 9. The SMILES string of the molecule is O=C(N[C@@H](Cc1ccc(NC(=O)C2CCC(Nc3ccccn3)CC2)cc1)C(=O)O)c1c(Cl)cccc1Cl. The molecule has 1 heterocycles. The summed E-state index contributed by atoms with van der Waals surface area (Å²) in [5, 5.41) is 18.8. The summed E-state index contributed by atoms with van der Waals surface area (Å²) in [5.41, 5.74) is 1.34. The molecule has 1 fully saturated rings. The van der Waals surface area contributed by atoms with E-state index in [0.29, 0.717) is 17.3 Å². The van der Waals surface area contributed by atoms with Gasteiger partial charge in [0.25, 0.3) is 5.91 Å². The number of hydrogen-bond acceptors (Lipinski definition) is 5. The van der Waals surface area contributed by atoms with Crippen molar-refractivity contribution in [3.8, 4) is 0 Å². The topological polar surface area (TPSA) is 120 Å². The summed E-state index contributed by atoms with van der Waals surface area (Å²) in [6.45, 7) is 0. The Bertz CT molecular complexity index is 1260. The van der Waals surface area contributed by atoms with E-state index in [1.807, 2.05) is 18.2 Å². The molecule has 1 atom stereocenters. The van der Waals surface area contributed by atoms with Crippen molar-refractivity contribution in [1.29, 1.82) is 0 Å². The van der Waals surface area contributed by atoms with Gasteiger partial charge in [0.2, 0.25) is 5.91 Å². The smallest absolute Gasteiger partial charge is 0.326 e. The molecule has 1 aliphatic rings. The molecule has 38 heavy (non-hydrogen) atoms. The first-order chi connectivity index (χ1) is 18.3. The highest BCUT2D eigenvalue weighted by atomic mass is 35.5. The van der Waals surface area contributed by atoms with Crippen LogP contribution >= 0.6 is 23.2 Å². The number of aliphatic carboxylic acids is 1. The molecule has 1 saturated carbocycles. The first-order valence-corrected chi connectivity index (χ1v) is 13.1. The van der Waals surface area contributed by atoms with Crippen LogP contribution in [0.15, 0.2) is 66.9 Å². The predicted molar refractivity (Wildman–Crippen MR) is 148 cm³/mol. The maximum atomic E-state index is 12.8. The fraction of sp³-hybridized carbons (Fsp3) is 0.286. The molecule has 2 amide bonds. The van der Waals surface area contributed by atoms with Crippen LogP contribution in [0.4, 0.5) is 11.5 Å². The van der Waals surface area contributed by atoms with Gasteiger partial charge in [-0.1, -0.05) is 47.5 Å². The number of anilines is 2. The minimum absolute atomic E-state index is 0.0265. The van der Waals surface area contributed by atoms with Crippen molar-refractivity contribution >= 4 is 52.5 Å². The Hall–Kier alpha value is -3.62. The maximum absolute atomic E-state index is 12.8. The van der Waals surface area contributed by atoms with Crippen LogP contribution in [-0.2, 0) is 16.0 Å². The molecule has 0 aliphatic heterocycles. The van der Waals surface area contributed by atoms with Gasteiger partial charge in [-0.2, -0.15) is 0 Å². The number of aromatic nitrogens is 1. The normalized spacial score (nSPS) is 17.7. The van der Waals surface area contributed by atoms with Crippen LogP contribution in [-0.4, -0.2) is 40.0 Å². The van der Waals surface area contributed by atoms with Gasteiger partial charge < -0.3 is 21.1 Å². The summed E-state index contributed by atoms with van der Waals surface area (Å²) >= 11 is 12.1. The van der Waals surface area contributed by atoms with E-state index in [4.69, 9.17) is 23.2 Å². The number of amides is 2. The van der Waals surface area contributed by atoms with Crippen LogP contribution in [0, 0.1) is 5.92 Å². The predicted octanol–water partition coefficient (Wildman–Crippen LogP) is 5.42. The molecule has 0 unspecified atom stereocenters. The third-order valence-electron chi connectivity index (χ3n) is 6.57. The number of nitrogens with one attached hydrogen (secondary N) is 3. The fourth-order valence-electron chi connectivity index (χ4n) is 4.51. The van der Waals surface area contributed by atoms with Gasteiger partial charge in [0.1, 0.15) is 11.9 Å². The molecule has 0 spiro atoms. The first kappa shape index (κ1) is 27.4. The molecule has 0 bridgehead atoms. The van der Waals surface area contributed by atoms with E-state index in [1.165, 1.54) is 12.1 Å². The molecule has 1 aliphatic carbocycles. The van der Waals surface area contributed by atoms with Crippen LogP contribution in [0.25, 0.3) is 0 Å². The van der Waals surface area contributed by atoms with E-state index in [1.54, 1.807) is 36.5 Å². The van der Waals surface area contributed by atoms with Crippen LogP contribution in [0.5, 0.6) is 0 Å². The molecule has 8 nitrogen and oxygen atoms in total. The number of halogens is 2. The third kappa shape index (κ3) is 7.24. The van der Waals surface area contributed by atoms with Crippen molar-refractivity contribution in [2.24, 2.45) is 5.92 Å². The summed E-state index contributed by atoms with van der Waals surface area (Å²) in [7, 11) is 0. The zero-order chi connectivity index (χ0) is 27.1. The lowest BCUT2D eigenvalue weighted by Gasteiger charge is -2.28. The molecule has 198 valence electrons. The van der Waals surface area contributed by atoms with Crippen LogP contribution < -0.4 is 16.0 Å². The third-order valence-corrected chi connectivity index (χ3v) is 7.20. The summed E-state index contributed by atoms with van der Waals surface area (Å²) in [5.74, 6) is -1.10. The Balaban J connectivity index is 1.29. The first-order valence-electron chi connectivity index (χ1n) is 12.3. The number of carbonyl (C=O) groups is 3. The monoisotopic (exact) mass is 554 g/mol. The highest BCUT2D eigenvalue weighted by molar-refractivity contribution is 6.39. The van der Waals surface area contributed by atoms with Crippen molar-refractivity contribution in [3.63, 3.8) is 0 Å². The molecule has 0 radical (unpaired) electrons. The summed E-state index contributed by atoms with van der Waals surface area (Å²) in [6, 6.07) is 16.4. The van der Waals surface area contributed by atoms with Crippen molar-refractivity contribution in [3.05, 3.63) is 88.0 Å². The lowest BCUT2D eigenvalue weighted by Crippen LogP contribution is -2.42. The fourth-order valence-corrected chi connectivity index (χ4v) is 5.08. The minimum Gasteiger partial charge on any atom is -0.480 e. The summed E-state index contributed by atoms with van der Waals surface area (Å²) in [4.78, 5) is 41.5. The van der Waals surface area contributed by atoms with Gasteiger partial charge in [-0.25, -0.2) is 9.78 Å². The Morgan fingerprint density at radius 1 is 0.921 bits per heavy atom.